The lowest BCUT2D eigenvalue weighted by atomic mass is 10.2. The van der Waals surface area contributed by atoms with Crippen LogP contribution in [0.25, 0.3) is 16.3 Å². The van der Waals surface area contributed by atoms with Crippen molar-refractivity contribution >= 4 is 28.7 Å². The van der Waals surface area contributed by atoms with Gasteiger partial charge in [0.15, 0.2) is 11.5 Å². The van der Waals surface area contributed by atoms with Gasteiger partial charge in [-0.15, -0.1) is 11.3 Å². The molecular weight excluding hydrogens is 458 g/mol. The van der Waals surface area contributed by atoms with E-state index in [1.54, 1.807) is 39.3 Å². The van der Waals surface area contributed by atoms with Crippen molar-refractivity contribution in [3.05, 3.63) is 75.4 Å². The number of anilines is 1. The molecule has 34 heavy (non-hydrogen) atoms. The Morgan fingerprint density at radius 3 is 2.53 bits per heavy atom. The van der Waals surface area contributed by atoms with Crippen molar-refractivity contribution < 1.29 is 19.2 Å². The van der Waals surface area contributed by atoms with Crippen LogP contribution in [-0.2, 0) is 11.2 Å². The maximum atomic E-state index is 12.7. The van der Waals surface area contributed by atoms with Gasteiger partial charge in [0.1, 0.15) is 10.8 Å². The van der Waals surface area contributed by atoms with E-state index in [-0.39, 0.29) is 18.0 Å². The first-order chi connectivity index (χ1) is 16.4. The molecule has 2 heterocycles. The SMILES string of the molecule is COc1ccc(-c2nc(CC(=O)Nc3cc(C)nn3-c3ccc([N+](=O)[O-])cc3)cs2)cc1OC. The van der Waals surface area contributed by atoms with E-state index in [2.05, 4.69) is 15.4 Å². The summed E-state index contributed by atoms with van der Waals surface area (Å²) in [6.45, 7) is 1.80. The maximum absolute atomic E-state index is 12.7. The van der Waals surface area contributed by atoms with Gasteiger partial charge in [0.25, 0.3) is 5.69 Å². The highest BCUT2D eigenvalue weighted by molar-refractivity contribution is 7.13. The first-order valence-corrected chi connectivity index (χ1v) is 11.0. The Labute approximate surface area is 198 Å². The van der Waals surface area contributed by atoms with Gasteiger partial charge >= 0.3 is 0 Å². The van der Waals surface area contributed by atoms with Crippen molar-refractivity contribution in [2.75, 3.05) is 19.5 Å². The van der Waals surface area contributed by atoms with E-state index in [1.165, 1.54) is 28.2 Å². The third-order valence-electron chi connectivity index (χ3n) is 4.93. The smallest absolute Gasteiger partial charge is 0.269 e. The molecule has 0 atom stereocenters. The largest absolute Gasteiger partial charge is 0.493 e. The summed E-state index contributed by atoms with van der Waals surface area (Å²) in [6, 6.07) is 13.2. The van der Waals surface area contributed by atoms with E-state index in [4.69, 9.17) is 9.47 Å². The van der Waals surface area contributed by atoms with Gasteiger partial charge in [0.05, 0.1) is 42.6 Å². The number of amides is 1. The number of hydrogen-bond acceptors (Lipinski definition) is 8. The quantitative estimate of drug-likeness (QED) is 0.293. The molecule has 0 aliphatic heterocycles. The van der Waals surface area contributed by atoms with Crippen LogP contribution in [0, 0.1) is 17.0 Å². The van der Waals surface area contributed by atoms with Gasteiger partial charge < -0.3 is 14.8 Å². The van der Waals surface area contributed by atoms with E-state index < -0.39 is 4.92 Å². The first-order valence-electron chi connectivity index (χ1n) is 10.2. The minimum absolute atomic E-state index is 0.0213. The fraction of sp³-hybridized carbons (Fsp3) is 0.174. The number of nitrogens with zero attached hydrogens (tertiary/aromatic N) is 4. The Morgan fingerprint density at radius 1 is 1.12 bits per heavy atom. The summed E-state index contributed by atoms with van der Waals surface area (Å²) in [5, 5.41) is 20.7. The number of ether oxygens (including phenoxy) is 2. The minimum atomic E-state index is -0.467. The molecule has 0 saturated carbocycles. The summed E-state index contributed by atoms with van der Waals surface area (Å²) in [5.41, 5.74) is 2.76. The topological polar surface area (TPSA) is 121 Å². The van der Waals surface area contributed by atoms with Gasteiger partial charge in [0.2, 0.25) is 5.91 Å². The first kappa shape index (κ1) is 22.9. The highest BCUT2D eigenvalue weighted by atomic mass is 32.1. The zero-order chi connectivity index (χ0) is 24.2. The molecule has 0 aliphatic carbocycles. The van der Waals surface area contributed by atoms with Crippen LogP contribution in [0.5, 0.6) is 11.5 Å². The number of thiazole rings is 1. The van der Waals surface area contributed by atoms with Gasteiger partial charge in [-0.05, 0) is 37.3 Å². The van der Waals surface area contributed by atoms with Crippen LogP contribution in [-0.4, -0.2) is 39.8 Å². The van der Waals surface area contributed by atoms with Crippen molar-refractivity contribution in [3.8, 4) is 27.8 Å². The lowest BCUT2D eigenvalue weighted by molar-refractivity contribution is -0.384. The molecule has 0 bridgehead atoms. The third-order valence-corrected chi connectivity index (χ3v) is 5.87. The number of aromatic nitrogens is 3. The molecule has 0 fully saturated rings. The average molecular weight is 480 g/mol. The van der Waals surface area contributed by atoms with Gasteiger partial charge in [-0.1, -0.05) is 0 Å². The number of aryl methyl sites for hydroxylation is 1. The maximum Gasteiger partial charge on any atom is 0.269 e. The van der Waals surface area contributed by atoms with Gasteiger partial charge in [-0.25, -0.2) is 9.67 Å². The van der Waals surface area contributed by atoms with Crippen molar-refractivity contribution in [3.63, 3.8) is 0 Å². The van der Waals surface area contributed by atoms with E-state index in [0.717, 1.165) is 10.6 Å². The van der Waals surface area contributed by atoms with E-state index in [9.17, 15) is 14.9 Å². The second kappa shape index (κ2) is 9.71. The summed E-state index contributed by atoms with van der Waals surface area (Å²) in [5.74, 6) is 1.44. The molecule has 0 radical (unpaired) electrons. The number of rotatable bonds is 8. The molecule has 0 unspecified atom stereocenters. The van der Waals surface area contributed by atoms with Crippen LogP contribution in [0.4, 0.5) is 11.5 Å². The number of non-ortho nitro benzene ring substituents is 1. The van der Waals surface area contributed by atoms with Gasteiger partial charge in [-0.2, -0.15) is 5.10 Å². The fourth-order valence-corrected chi connectivity index (χ4v) is 4.16. The predicted octanol–water partition coefficient (Wildman–Crippen LogP) is 4.41. The number of nitro groups is 1. The Balaban J connectivity index is 1.48. The van der Waals surface area contributed by atoms with Crippen LogP contribution in [0.2, 0.25) is 0 Å². The number of nitro benzene ring substituents is 1. The summed E-state index contributed by atoms with van der Waals surface area (Å²) in [4.78, 5) is 27.7. The lowest BCUT2D eigenvalue weighted by Gasteiger charge is -2.08. The number of benzene rings is 2. The highest BCUT2D eigenvalue weighted by Crippen LogP contribution is 2.33. The number of carbonyl (C=O) groups is 1. The summed E-state index contributed by atoms with van der Waals surface area (Å²) in [6.07, 6.45) is 0.0777. The van der Waals surface area contributed by atoms with E-state index in [1.807, 2.05) is 23.6 Å². The zero-order valence-corrected chi connectivity index (χ0v) is 19.5. The average Bonchev–Trinajstić information content (AvgIpc) is 3.44. The molecule has 4 aromatic rings. The molecule has 1 amide bonds. The molecular formula is C23H21N5O5S. The summed E-state index contributed by atoms with van der Waals surface area (Å²) < 4.78 is 12.2. The van der Waals surface area contributed by atoms with Crippen molar-refractivity contribution in [1.82, 2.24) is 14.8 Å². The van der Waals surface area contributed by atoms with Crippen molar-refractivity contribution in [2.24, 2.45) is 0 Å². The Bertz CT molecular complexity index is 1350. The molecule has 0 spiro atoms. The second-order valence-corrected chi connectivity index (χ2v) is 8.15. The van der Waals surface area contributed by atoms with Crippen LogP contribution in [0.1, 0.15) is 11.4 Å². The van der Waals surface area contributed by atoms with Gasteiger partial charge in [0, 0.05) is 29.1 Å². The highest BCUT2D eigenvalue weighted by Gasteiger charge is 2.15. The number of carbonyl (C=O) groups excluding carboxylic acids is 1. The van der Waals surface area contributed by atoms with Crippen LogP contribution >= 0.6 is 11.3 Å². The zero-order valence-electron chi connectivity index (χ0n) is 18.6. The Kier molecular flexibility index (Phi) is 6.55. The number of nitrogens with one attached hydrogen (secondary N) is 1. The van der Waals surface area contributed by atoms with Crippen LogP contribution in [0.15, 0.2) is 53.9 Å². The van der Waals surface area contributed by atoms with Gasteiger partial charge in [-0.3, -0.25) is 14.9 Å². The van der Waals surface area contributed by atoms with Crippen LogP contribution in [0.3, 0.4) is 0 Å². The Morgan fingerprint density at radius 2 is 1.85 bits per heavy atom. The standard InChI is InChI=1S/C23H21N5O5S/c1-14-10-21(27(26-14)17-5-7-18(8-6-17)28(30)31)25-22(29)12-16-13-34-23(24-16)15-4-9-19(32-2)20(11-15)33-3/h4-11,13H,12H2,1-3H3,(H,25,29). The monoisotopic (exact) mass is 479 g/mol. The molecule has 2 aromatic carbocycles. The molecule has 174 valence electrons. The summed E-state index contributed by atoms with van der Waals surface area (Å²) >= 11 is 1.43. The molecule has 1 N–H and O–H groups in total. The molecule has 11 heteroatoms. The molecule has 0 saturated heterocycles. The lowest BCUT2D eigenvalue weighted by Crippen LogP contribution is -2.17. The predicted molar refractivity (Wildman–Crippen MR) is 128 cm³/mol. The third kappa shape index (κ3) is 4.89. The van der Waals surface area contributed by atoms with E-state index in [0.29, 0.717) is 34.4 Å². The Hall–Kier alpha value is -4.25. The molecule has 2 aromatic heterocycles. The molecule has 10 nitrogen and oxygen atoms in total. The van der Waals surface area contributed by atoms with Crippen LogP contribution < -0.4 is 14.8 Å². The minimum Gasteiger partial charge on any atom is -0.493 e. The normalized spacial score (nSPS) is 10.7. The van der Waals surface area contributed by atoms with Crippen molar-refractivity contribution in [2.45, 2.75) is 13.3 Å². The molecule has 0 aliphatic rings. The fourth-order valence-electron chi connectivity index (χ4n) is 3.34. The number of hydrogen-bond donors (Lipinski definition) is 1. The second-order valence-electron chi connectivity index (χ2n) is 7.29. The molecule has 4 rings (SSSR count). The summed E-state index contributed by atoms with van der Waals surface area (Å²) in [7, 11) is 3.15. The van der Waals surface area contributed by atoms with Crippen molar-refractivity contribution in [1.29, 1.82) is 0 Å². The number of methoxy groups -OCH3 is 2. The van der Waals surface area contributed by atoms with E-state index >= 15 is 0 Å².